The van der Waals surface area contributed by atoms with Gasteiger partial charge >= 0.3 is 0 Å². The minimum Gasteiger partial charge on any atom is -0.456 e. The summed E-state index contributed by atoms with van der Waals surface area (Å²) >= 11 is 0. The molecule has 0 bridgehead atoms. The van der Waals surface area contributed by atoms with Gasteiger partial charge in [-0.05, 0) is 111 Å². The van der Waals surface area contributed by atoms with Gasteiger partial charge in [0, 0.05) is 43.7 Å². The second-order valence-corrected chi connectivity index (χ2v) is 14.9. The Balaban J connectivity index is 1.01. The third kappa shape index (κ3) is 3.89. The van der Waals surface area contributed by atoms with E-state index < -0.39 is 0 Å². The van der Waals surface area contributed by atoms with E-state index in [2.05, 4.69) is 191 Å². The highest BCUT2D eigenvalue weighted by atomic mass is 16.3. The van der Waals surface area contributed by atoms with Crippen LogP contribution in [0.5, 0.6) is 0 Å². The average molecular weight is 699 g/mol. The van der Waals surface area contributed by atoms with Crippen LogP contribution in [0.1, 0.15) is 0 Å². The zero-order valence-electron chi connectivity index (χ0n) is 29.6. The highest BCUT2D eigenvalue weighted by Crippen LogP contribution is 2.51. The minimum absolute atomic E-state index is 0.914. The molecule has 0 atom stereocenters. The Morgan fingerprint density at radius 2 is 0.891 bits per heavy atom. The Labute approximate surface area is 315 Å². The number of nitrogens with zero attached hydrogens (tertiary/aromatic N) is 2. The van der Waals surface area contributed by atoms with Crippen molar-refractivity contribution in [2.75, 3.05) is 0 Å². The molecular formula is C52H30N2O. The van der Waals surface area contributed by atoms with Gasteiger partial charge in [0.2, 0.25) is 0 Å². The predicted octanol–water partition coefficient (Wildman–Crippen LogP) is 14.2. The van der Waals surface area contributed by atoms with Crippen molar-refractivity contribution in [3.05, 3.63) is 182 Å². The minimum atomic E-state index is 0.914. The molecule has 1 aliphatic rings. The van der Waals surface area contributed by atoms with E-state index in [1.54, 1.807) is 0 Å². The number of aromatic nitrogens is 2. The van der Waals surface area contributed by atoms with Gasteiger partial charge in [0.15, 0.2) is 0 Å². The van der Waals surface area contributed by atoms with Gasteiger partial charge < -0.3 is 13.6 Å². The van der Waals surface area contributed by atoms with Gasteiger partial charge in [0.05, 0.1) is 22.1 Å². The molecule has 254 valence electrons. The summed E-state index contributed by atoms with van der Waals surface area (Å²) in [6.07, 6.45) is 0. The van der Waals surface area contributed by atoms with Crippen molar-refractivity contribution in [1.82, 2.24) is 9.13 Å². The Bertz CT molecular complexity index is 3600. The van der Waals surface area contributed by atoms with Crippen molar-refractivity contribution < 1.29 is 4.42 Å². The second-order valence-electron chi connectivity index (χ2n) is 14.9. The fraction of sp³-hybridized carbons (Fsp3) is 0. The molecule has 1 aliphatic carbocycles. The number of hydrogen-bond donors (Lipinski definition) is 0. The molecule has 55 heavy (non-hydrogen) atoms. The highest BCUT2D eigenvalue weighted by molar-refractivity contribution is 6.28. The van der Waals surface area contributed by atoms with Crippen molar-refractivity contribution in [3.8, 4) is 44.8 Å². The Hall–Kier alpha value is -7.36. The molecule has 0 saturated heterocycles. The molecule has 9 aromatic carbocycles. The van der Waals surface area contributed by atoms with Crippen LogP contribution in [0.2, 0.25) is 0 Å². The maximum atomic E-state index is 6.59. The summed E-state index contributed by atoms with van der Waals surface area (Å²) in [4.78, 5) is 0. The standard InChI is InChI=1S/C52H30N2O/c1-2-11-33(12-3-1)53-45-19-8-6-15-37(45)39-24-23-34(29-48(39)53)54-46-20-9-7-16-38(46)42-27-31(21-25-47(42)54)32-22-26-49-44(28-32)52-41-18-10-17-40-35-13-4-5-14-36(35)43(51(40)41)30-50(52)55-49/h1-30H. The van der Waals surface area contributed by atoms with Crippen LogP contribution in [0.25, 0.3) is 121 Å². The third-order valence-corrected chi connectivity index (χ3v) is 12.0. The van der Waals surface area contributed by atoms with E-state index in [1.807, 2.05) is 0 Å². The Morgan fingerprint density at radius 1 is 0.291 bits per heavy atom. The van der Waals surface area contributed by atoms with Crippen molar-refractivity contribution in [2.24, 2.45) is 0 Å². The van der Waals surface area contributed by atoms with Crippen molar-refractivity contribution >= 4 is 76.3 Å². The largest absolute Gasteiger partial charge is 0.456 e. The molecule has 0 saturated carbocycles. The second kappa shape index (κ2) is 10.6. The van der Waals surface area contributed by atoms with E-state index in [0.717, 1.165) is 27.9 Å². The number of hydrogen-bond acceptors (Lipinski definition) is 1. The first-order valence-corrected chi connectivity index (χ1v) is 18.9. The third-order valence-electron chi connectivity index (χ3n) is 12.0. The maximum Gasteiger partial charge on any atom is 0.136 e. The van der Waals surface area contributed by atoms with Crippen molar-refractivity contribution in [2.45, 2.75) is 0 Å². The molecule has 0 amide bonds. The van der Waals surface area contributed by atoms with Crippen LogP contribution in [0.4, 0.5) is 0 Å². The molecule has 0 aliphatic heterocycles. The lowest BCUT2D eigenvalue weighted by atomic mass is 9.96. The molecule has 0 unspecified atom stereocenters. The molecule has 0 spiro atoms. The topological polar surface area (TPSA) is 23.0 Å². The molecule has 0 fully saturated rings. The lowest BCUT2D eigenvalue weighted by molar-refractivity contribution is 0.669. The van der Waals surface area contributed by atoms with E-state index in [-0.39, 0.29) is 0 Å². The van der Waals surface area contributed by atoms with Gasteiger partial charge in [0.1, 0.15) is 11.2 Å². The molecule has 3 heterocycles. The summed E-state index contributed by atoms with van der Waals surface area (Å²) in [6, 6.07) is 66.4. The number of benzene rings is 9. The Kier molecular flexibility index (Phi) is 5.63. The van der Waals surface area contributed by atoms with Gasteiger partial charge in [-0.1, -0.05) is 115 Å². The van der Waals surface area contributed by atoms with Crippen molar-refractivity contribution in [3.63, 3.8) is 0 Å². The SMILES string of the molecule is c1ccc(-n2c3ccccc3c3ccc(-n4c5ccccc5c5cc(-c6ccc7oc8cc9c%10c(cccc%10c8c7c6)-c6ccccc6-9)ccc54)cc32)cc1. The molecule has 0 N–H and O–H groups in total. The first-order valence-electron chi connectivity index (χ1n) is 18.9. The van der Waals surface area contributed by atoms with E-state index in [9.17, 15) is 0 Å². The van der Waals surface area contributed by atoms with Gasteiger partial charge in [-0.3, -0.25) is 0 Å². The first-order chi connectivity index (χ1) is 27.3. The smallest absolute Gasteiger partial charge is 0.136 e. The summed E-state index contributed by atoms with van der Waals surface area (Å²) in [5.41, 5.74) is 16.4. The van der Waals surface area contributed by atoms with Gasteiger partial charge in [-0.2, -0.15) is 0 Å². The lowest BCUT2D eigenvalue weighted by Crippen LogP contribution is -1.96. The monoisotopic (exact) mass is 698 g/mol. The summed E-state index contributed by atoms with van der Waals surface area (Å²) < 4.78 is 11.4. The van der Waals surface area contributed by atoms with Crippen LogP contribution in [0.15, 0.2) is 186 Å². The van der Waals surface area contributed by atoms with Crippen LogP contribution in [-0.2, 0) is 0 Å². The molecule has 3 heteroatoms. The summed E-state index contributed by atoms with van der Waals surface area (Å²) in [6.45, 7) is 0. The highest BCUT2D eigenvalue weighted by Gasteiger charge is 2.25. The summed E-state index contributed by atoms with van der Waals surface area (Å²) in [5.74, 6) is 0. The van der Waals surface area contributed by atoms with Crippen LogP contribution in [-0.4, -0.2) is 9.13 Å². The average Bonchev–Trinajstić information content (AvgIpc) is 3.98. The number of para-hydroxylation sites is 3. The van der Waals surface area contributed by atoms with E-state index in [1.165, 1.54) is 93.2 Å². The van der Waals surface area contributed by atoms with E-state index in [0.29, 0.717) is 0 Å². The molecule has 3 nitrogen and oxygen atoms in total. The number of rotatable bonds is 3. The summed E-state index contributed by atoms with van der Waals surface area (Å²) in [5, 5.41) is 9.88. The number of furan rings is 1. The fourth-order valence-corrected chi connectivity index (χ4v) is 9.70. The van der Waals surface area contributed by atoms with E-state index in [4.69, 9.17) is 4.42 Å². The van der Waals surface area contributed by atoms with Gasteiger partial charge in [0.25, 0.3) is 0 Å². The van der Waals surface area contributed by atoms with Gasteiger partial charge in [-0.25, -0.2) is 0 Å². The van der Waals surface area contributed by atoms with Gasteiger partial charge in [-0.15, -0.1) is 0 Å². The quantitative estimate of drug-likeness (QED) is 0.180. The molecular weight excluding hydrogens is 669 g/mol. The zero-order valence-corrected chi connectivity index (χ0v) is 29.6. The van der Waals surface area contributed by atoms with Crippen LogP contribution < -0.4 is 0 Å². The zero-order chi connectivity index (χ0) is 35.8. The number of fused-ring (bicyclic) bond motifs is 13. The normalized spacial score (nSPS) is 12.4. The molecule has 12 aromatic rings. The lowest BCUT2D eigenvalue weighted by Gasteiger charge is -2.11. The maximum absolute atomic E-state index is 6.59. The fourth-order valence-electron chi connectivity index (χ4n) is 9.70. The molecule has 0 radical (unpaired) electrons. The summed E-state index contributed by atoms with van der Waals surface area (Å²) in [7, 11) is 0. The van der Waals surface area contributed by atoms with Crippen LogP contribution in [0.3, 0.4) is 0 Å². The van der Waals surface area contributed by atoms with Crippen LogP contribution in [0, 0.1) is 0 Å². The van der Waals surface area contributed by atoms with Crippen molar-refractivity contribution in [1.29, 1.82) is 0 Å². The van der Waals surface area contributed by atoms with E-state index >= 15 is 0 Å². The molecule has 13 rings (SSSR count). The predicted molar refractivity (Wildman–Crippen MR) is 230 cm³/mol. The first kappa shape index (κ1) is 29.1. The molecule has 3 aromatic heterocycles. The Morgan fingerprint density at radius 3 is 1.71 bits per heavy atom. The van der Waals surface area contributed by atoms with Crippen LogP contribution >= 0.6 is 0 Å².